The van der Waals surface area contributed by atoms with E-state index >= 15 is 0 Å². The first-order valence-corrected chi connectivity index (χ1v) is 7.07. The van der Waals surface area contributed by atoms with Crippen molar-refractivity contribution in [1.82, 2.24) is 4.57 Å². The quantitative estimate of drug-likeness (QED) is 0.635. The largest absolute Gasteiger partial charge is 0.340 e. The van der Waals surface area contributed by atoms with Gasteiger partial charge in [-0.2, -0.15) is 0 Å². The van der Waals surface area contributed by atoms with E-state index in [1.54, 1.807) is 10.8 Å². The molecule has 0 saturated carbocycles. The molecule has 0 bridgehead atoms. The number of ketones is 1. The standard InChI is InChI=1S/C16H10BrF2NO/c17-11-5-4-10-6-7-20(14(10)8-11)9-15(21)16-12(18)2-1-3-13(16)19/h1-8H,9H2. The summed E-state index contributed by atoms with van der Waals surface area (Å²) in [6.07, 6.45) is 1.73. The van der Waals surface area contributed by atoms with Crippen LogP contribution in [0.25, 0.3) is 10.9 Å². The van der Waals surface area contributed by atoms with E-state index in [2.05, 4.69) is 15.9 Å². The number of halogens is 3. The molecule has 106 valence electrons. The van der Waals surface area contributed by atoms with Gasteiger partial charge in [-0.3, -0.25) is 4.79 Å². The summed E-state index contributed by atoms with van der Waals surface area (Å²) >= 11 is 3.37. The number of hydrogen-bond donors (Lipinski definition) is 0. The van der Waals surface area contributed by atoms with Crippen LogP contribution in [0.5, 0.6) is 0 Å². The normalized spacial score (nSPS) is 11.0. The van der Waals surface area contributed by atoms with Crippen molar-refractivity contribution in [3.63, 3.8) is 0 Å². The number of Topliss-reactive ketones (excluding diaryl/α,β-unsaturated/α-hetero) is 1. The number of aromatic nitrogens is 1. The molecule has 0 saturated heterocycles. The molecule has 3 rings (SSSR count). The summed E-state index contributed by atoms with van der Waals surface area (Å²) in [5.41, 5.74) is 0.337. The summed E-state index contributed by atoms with van der Waals surface area (Å²) in [5.74, 6) is -2.27. The predicted molar refractivity (Wildman–Crippen MR) is 80.3 cm³/mol. The number of benzene rings is 2. The van der Waals surface area contributed by atoms with E-state index in [4.69, 9.17) is 0 Å². The van der Waals surface area contributed by atoms with Crippen LogP contribution in [0.1, 0.15) is 10.4 Å². The fourth-order valence-electron chi connectivity index (χ4n) is 2.29. The lowest BCUT2D eigenvalue weighted by Gasteiger charge is -2.07. The monoisotopic (exact) mass is 349 g/mol. The second kappa shape index (κ2) is 5.41. The highest BCUT2D eigenvalue weighted by atomic mass is 79.9. The molecule has 0 fully saturated rings. The van der Waals surface area contributed by atoms with Crippen LogP contribution in [-0.4, -0.2) is 10.4 Å². The van der Waals surface area contributed by atoms with Crippen LogP contribution in [0, 0.1) is 11.6 Å². The summed E-state index contributed by atoms with van der Waals surface area (Å²) < 4.78 is 29.8. The van der Waals surface area contributed by atoms with Gasteiger partial charge in [0.05, 0.1) is 12.1 Å². The highest BCUT2D eigenvalue weighted by Gasteiger charge is 2.17. The molecule has 3 aromatic rings. The molecule has 2 aromatic carbocycles. The van der Waals surface area contributed by atoms with Gasteiger partial charge in [0, 0.05) is 16.2 Å². The van der Waals surface area contributed by atoms with Crippen LogP contribution in [0.2, 0.25) is 0 Å². The Bertz CT molecular complexity index is 821. The van der Waals surface area contributed by atoms with Crippen molar-refractivity contribution < 1.29 is 13.6 Å². The van der Waals surface area contributed by atoms with Gasteiger partial charge in [0.1, 0.15) is 11.6 Å². The lowest BCUT2D eigenvalue weighted by Crippen LogP contribution is -2.13. The average molecular weight is 350 g/mol. The molecule has 2 nitrogen and oxygen atoms in total. The van der Waals surface area contributed by atoms with Gasteiger partial charge in [-0.25, -0.2) is 8.78 Å². The Morgan fingerprint density at radius 2 is 1.81 bits per heavy atom. The SMILES string of the molecule is O=C(Cn1ccc2ccc(Br)cc21)c1c(F)cccc1F. The van der Waals surface area contributed by atoms with Crippen LogP contribution in [-0.2, 0) is 6.54 Å². The number of rotatable bonds is 3. The van der Waals surface area contributed by atoms with Crippen molar-refractivity contribution in [1.29, 1.82) is 0 Å². The minimum atomic E-state index is -0.836. The third-order valence-electron chi connectivity index (χ3n) is 3.29. The maximum Gasteiger partial charge on any atom is 0.188 e. The topological polar surface area (TPSA) is 22.0 Å². The Balaban J connectivity index is 1.99. The van der Waals surface area contributed by atoms with Gasteiger partial charge in [-0.1, -0.05) is 28.1 Å². The van der Waals surface area contributed by atoms with E-state index in [1.807, 2.05) is 24.3 Å². The van der Waals surface area contributed by atoms with Crippen LogP contribution < -0.4 is 0 Å². The first-order valence-electron chi connectivity index (χ1n) is 6.28. The summed E-state index contributed by atoms with van der Waals surface area (Å²) in [6, 6.07) is 10.9. The van der Waals surface area contributed by atoms with Crippen LogP contribution in [0.15, 0.2) is 53.1 Å². The van der Waals surface area contributed by atoms with Gasteiger partial charge >= 0.3 is 0 Å². The van der Waals surface area contributed by atoms with E-state index in [0.29, 0.717) is 0 Å². The summed E-state index contributed by atoms with van der Waals surface area (Å²) in [6.45, 7) is -0.113. The number of carbonyl (C=O) groups is 1. The first kappa shape index (κ1) is 13.9. The zero-order valence-corrected chi connectivity index (χ0v) is 12.4. The minimum absolute atomic E-state index is 0.113. The van der Waals surface area contributed by atoms with E-state index in [-0.39, 0.29) is 6.54 Å². The molecule has 0 atom stereocenters. The molecular formula is C16H10BrF2NO. The van der Waals surface area contributed by atoms with Crippen LogP contribution >= 0.6 is 15.9 Å². The van der Waals surface area contributed by atoms with E-state index in [1.165, 1.54) is 6.07 Å². The number of carbonyl (C=O) groups excluding carboxylic acids is 1. The van der Waals surface area contributed by atoms with Gasteiger partial charge < -0.3 is 4.57 Å². The fourth-order valence-corrected chi connectivity index (χ4v) is 2.64. The van der Waals surface area contributed by atoms with Gasteiger partial charge in [-0.15, -0.1) is 0 Å². The number of nitrogens with zero attached hydrogens (tertiary/aromatic N) is 1. The lowest BCUT2D eigenvalue weighted by molar-refractivity contribution is 0.0965. The van der Waals surface area contributed by atoms with Gasteiger partial charge in [0.2, 0.25) is 0 Å². The van der Waals surface area contributed by atoms with Gasteiger partial charge in [-0.05, 0) is 35.7 Å². The van der Waals surface area contributed by atoms with Gasteiger partial charge in [0.25, 0.3) is 0 Å². The average Bonchev–Trinajstić information content (AvgIpc) is 2.81. The minimum Gasteiger partial charge on any atom is -0.340 e. The molecule has 0 aliphatic heterocycles. The maximum atomic E-state index is 13.6. The Morgan fingerprint density at radius 1 is 1.10 bits per heavy atom. The molecule has 0 aliphatic carbocycles. The Hall–Kier alpha value is -2.01. The van der Waals surface area contributed by atoms with Gasteiger partial charge in [0.15, 0.2) is 5.78 Å². The van der Waals surface area contributed by atoms with Crippen molar-refractivity contribution >= 4 is 32.6 Å². The predicted octanol–water partition coefficient (Wildman–Crippen LogP) is 4.56. The molecule has 0 aliphatic rings. The van der Waals surface area contributed by atoms with E-state index in [9.17, 15) is 13.6 Å². The summed E-state index contributed by atoms with van der Waals surface area (Å²) in [5, 5.41) is 0.958. The van der Waals surface area contributed by atoms with Crippen molar-refractivity contribution in [2.24, 2.45) is 0 Å². The van der Waals surface area contributed by atoms with Crippen molar-refractivity contribution in [3.05, 3.63) is 70.3 Å². The Morgan fingerprint density at radius 3 is 2.52 bits per heavy atom. The smallest absolute Gasteiger partial charge is 0.188 e. The molecule has 5 heteroatoms. The third kappa shape index (κ3) is 2.61. The molecule has 0 N–H and O–H groups in total. The Labute approximate surface area is 128 Å². The van der Waals surface area contributed by atoms with E-state index in [0.717, 1.165) is 27.5 Å². The molecule has 21 heavy (non-hydrogen) atoms. The zero-order chi connectivity index (χ0) is 15.0. The van der Waals surface area contributed by atoms with E-state index < -0.39 is 23.0 Å². The third-order valence-corrected chi connectivity index (χ3v) is 3.78. The van der Waals surface area contributed by atoms with Crippen LogP contribution in [0.3, 0.4) is 0 Å². The summed E-state index contributed by atoms with van der Waals surface area (Å²) in [7, 11) is 0. The molecule has 1 aromatic heterocycles. The highest BCUT2D eigenvalue weighted by Crippen LogP contribution is 2.22. The molecule has 0 radical (unpaired) electrons. The first-order chi connectivity index (χ1) is 10.1. The zero-order valence-electron chi connectivity index (χ0n) is 10.8. The highest BCUT2D eigenvalue weighted by molar-refractivity contribution is 9.10. The second-order valence-corrected chi connectivity index (χ2v) is 5.58. The number of fused-ring (bicyclic) bond motifs is 1. The molecule has 0 amide bonds. The molecule has 0 spiro atoms. The van der Waals surface area contributed by atoms with Crippen molar-refractivity contribution in [2.45, 2.75) is 6.54 Å². The second-order valence-electron chi connectivity index (χ2n) is 4.67. The Kier molecular flexibility index (Phi) is 3.59. The van der Waals surface area contributed by atoms with Crippen LogP contribution in [0.4, 0.5) is 8.78 Å². The number of hydrogen-bond acceptors (Lipinski definition) is 1. The summed E-state index contributed by atoms with van der Waals surface area (Å²) in [4.78, 5) is 12.2. The van der Waals surface area contributed by atoms with Crippen molar-refractivity contribution in [3.8, 4) is 0 Å². The fraction of sp³-hybridized carbons (Fsp3) is 0.0625. The molecular weight excluding hydrogens is 340 g/mol. The van der Waals surface area contributed by atoms with Crippen molar-refractivity contribution in [2.75, 3.05) is 0 Å². The molecule has 1 heterocycles. The maximum absolute atomic E-state index is 13.6. The lowest BCUT2D eigenvalue weighted by atomic mass is 10.1. The molecule has 0 unspecified atom stereocenters.